The lowest BCUT2D eigenvalue weighted by Crippen LogP contribution is -2.44. The first-order valence-electron chi connectivity index (χ1n) is 10.3. The molecule has 2 aromatic carbocycles. The molecule has 0 saturated carbocycles. The molecule has 7 nitrogen and oxygen atoms in total. The summed E-state index contributed by atoms with van der Waals surface area (Å²) >= 11 is 0. The highest BCUT2D eigenvalue weighted by Crippen LogP contribution is 2.20. The van der Waals surface area contributed by atoms with Crippen LogP contribution < -0.4 is 5.32 Å². The second-order valence-corrected chi connectivity index (χ2v) is 7.76. The summed E-state index contributed by atoms with van der Waals surface area (Å²) in [4.78, 5) is 31.2. The van der Waals surface area contributed by atoms with Crippen molar-refractivity contribution in [2.24, 2.45) is 5.92 Å². The number of nitrogens with one attached hydrogen (secondary N) is 1. The predicted molar refractivity (Wildman–Crippen MR) is 114 cm³/mol. The van der Waals surface area contributed by atoms with Gasteiger partial charge in [-0.1, -0.05) is 24.3 Å². The average molecular weight is 421 g/mol. The quantitative estimate of drug-likeness (QED) is 0.664. The van der Waals surface area contributed by atoms with Crippen LogP contribution in [0.5, 0.6) is 0 Å². The van der Waals surface area contributed by atoms with E-state index in [1.54, 1.807) is 28.0 Å². The summed E-state index contributed by atoms with van der Waals surface area (Å²) in [6, 6.07) is 13.6. The number of aromatic nitrogens is 3. The van der Waals surface area contributed by atoms with Gasteiger partial charge >= 0.3 is 0 Å². The molecule has 0 radical (unpaired) electrons. The zero-order valence-electron chi connectivity index (χ0n) is 17.1. The van der Waals surface area contributed by atoms with Gasteiger partial charge in [0, 0.05) is 18.8 Å². The molecule has 1 N–H and O–H groups in total. The molecule has 8 heteroatoms. The predicted octanol–water partition coefficient (Wildman–Crippen LogP) is 2.89. The van der Waals surface area contributed by atoms with Crippen LogP contribution in [0.4, 0.5) is 10.1 Å². The van der Waals surface area contributed by atoms with E-state index in [0.29, 0.717) is 19.6 Å². The van der Waals surface area contributed by atoms with Crippen molar-refractivity contribution < 1.29 is 14.0 Å². The molecular weight excluding hydrogens is 397 g/mol. The number of carbonyl (C=O) groups is 2. The standard InChI is InChI=1S/C23H24FN5O2/c24-20-8-6-17(7-9-20)12-22(30)28-10-2-4-19(14-28)23(31)27-21-5-1-3-18(11-21)13-29-16-25-15-26-29/h1,3,5-9,11,15-16,19H,2,4,10,12-14H2,(H,27,31). The number of anilines is 1. The van der Waals surface area contributed by atoms with Crippen LogP contribution in [0.2, 0.25) is 0 Å². The van der Waals surface area contributed by atoms with E-state index in [1.165, 1.54) is 18.5 Å². The van der Waals surface area contributed by atoms with Gasteiger partial charge in [-0.05, 0) is 48.2 Å². The Kier molecular flexibility index (Phi) is 6.35. The Balaban J connectivity index is 1.34. The summed E-state index contributed by atoms with van der Waals surface area (Å²) < 4.78 is 14.8. The molecule has 3 aromatic rings. The minimum absolute atomic E-state index is 0.0427. The number of rotatable bonds is 6. The Bertz CT molecular complexity index is 1040. The second-order valence-electron chi connectivity index (χ2n) is 7.76. The lowest BCUT2D eigenvalue weighted by Gasteiger charge is -2.32. The molecule has 0 spiro atoms. The fourth-order valence-corrected chi connectivity index (χ4v) is 3.80. The molecule has 1 saturated heterocycles. The molecule has 0 aliphatic carbocycles. The first-order chi connectivity index (χ1) is 15.1. The SMILES string of the molecule is O=C(Nc1cccc(Cn2cncn2)c1)C1CCCN(C(=O)Cc2ccc(F)cc2)C1. The smallest absolute Gasteiger partial charge is 0.229 e. The summed E-state index contributed by atoms with van der Waals surface area (Å²) in [5, 5.41) is 7.08. The molecule has 1 aliphatic heterocycles. The molecule has 1 unspecified atom stereocenters. The third-order valence-corrected chi connectivity index (χ3v) is 5.42. The van der Waals surface area contributed by atoms with Gasteiger partial charge in [0.05, 0.1) is 18.9 Å². The molecule has 160 valence electrons. The van der Waals surface area contributed by atoms with Crippen molar-refractivity contribution in [1.29, 1.82) is 0 Å². The number of halogens is 1. The van der Waals surface area contributed by atoms with E-state index in [0.717, 1.165) is 29.7 Å². The van der Waals surface area contributed by atoms with Gasteiger partial charge in [0.2, 0.25) is 11.8 Å². The zero-order chi connectivity index (χ0) is 21.6. The molecule has 31 heavy (non-hydrogen) atoms. The number of nitrogens with zero attached hydrogens (tertiary/aromatic N) is 4. The van der Waals surface area contributed by atoms with Gasteiger partial charge in [-0.25, -0.2) is 14.1 Å². The Morgan fingerprint density at radius 2 is 1.97 bits per heavy atom. The molecule has 1 atom stereocenters. The third kappa shape index (κ3) is 5.53. The Morgan fingerprint density at radius 1 is 1.13 bits per heavy atom. The maximum absolute atomic E-state index is 13.1. The molecule has 2 amide bonds. The van der Waals surface area contributed by atoms with Gasteiger partial charge in [0.1, 0.15) is 18.5 Å². The third-order valence-electron chi connectivity index (χ3n) is 5.42. The first-order valence-corrected chi connectivity index (χ1v) is 10.3. The summed E-state index contributed by atoms with van der Waals surface area (Å²) in [6.07, 6.45) is 4.85. The van der Waals surface area contributed by atoms with Crippen LogP contribution in [0, 0.1) is 11.7 Å². The fourth-order valence-electron chi connectivity index (χ4n) is 3.80. The van der Waals surface area contributed by atoms with E-state index in [2.05, 4.69) is 15.4 Å². The van der Waals surface area contributed by atoms with Gasteiger partial charge in [0.15, 0.2) is 0 Å². The highest BCUT2D eigenvalue weighted by molar-refractivity contribution is 5.93. The van der Waals surface area contributed by atoms with Crippen LogP contribution in [0.25, 0.3) is 0 Å². The highest BCUT2D eigenvalue weighted by atomic mass is 19.1. The van der Waals surface area contributed by atoms with Gasteiger partial charge in [-0.15, -0.1) is 0 Å². The van der Waals surface area contributed by atoms with Gasteiger partial charge in [-0.3, -0.25) is 9.59 Å². The lowest BCUT2D eigenvalue weighted by atomic mass is 9.96. The highest BCUT2D eigenvalue weighted by Gasteiger charge is 2.28. The minimum Gasteiger partial charge on any atom is -0.342 e. The van der Waals surface area contributed by atoms with Crippen LogP contribution in [0.3, 0.4) is 0 Å². The number of likely N-dealkylation sites (tertiary alicyclic amines) is 1. The van der Waals surface area contributed by atoms with Crippen molar-refractivity contribution in [3.05, 3.63) is 78.1 Å². The van der Waals surface area contributed by atoms with E-state index >= 15 is 0 Å². The number of amides is 2. The van der Waals surface area contributed by atoms with Crippen LogP contribution in [0.15, 0.2) is 61.2 Å². The van der Waals surface area contributed by atoms with Gasteiger partial charge in [-0.2, -0.15) is 5.10 Å². The normalized spacial score (nSPS) is 16.2. The molecule has 1 fully saturated rings. The van der Waals surface area contributed by atoms with Crippen molar-refractivity contribution in [1.82, 2.24) is 19.7 Å². The lowest BCUT2D eigenvalue weighted by molar-refractivity contribution is -0.133. The topological polar surface area (TPSA) is 80.1 Å². The van der Waals surface area contributed by atoms with Gasteiger partial charge in [0.25, 0.3) is 0 Å². The van der Waals surface area contributed by atoms with E-state index in [-0.39, 0.29) is 30.0 Å². The van der Waals surface area contributed by atoms with Crippen LogP contribution >= 0.6 is 0 Å². The van der Waals surface area contributed by atoms with Crippen molar-refractivity contribution in [2.45, 2.75) is 25.8 Å². The van der Waals surface area contributed by atoms with Crippen molar-refractivity contribution in [3.8, 4) is 0 Å². The molecule has 0 bridgehead atoms. The van der Waals surface area contributed by atoms with Crippen molar-refractivity contribution in [3.63, 3.8) is 0 Å². The summed E-state index contributed by atoms with van der Waals surface area (Å²) in [5.41, 5.74) is 2.49. The van der Waals surface area contributed by atoms with E-state index in [4.69, 9.17) is 0 Å². The Labute approximate surface area is 179 Å². The largest absolute Gasteiger partial charge is 0.342 e. The number of carbonyl (C=O) groups excluding carboxylic acids is 2. The molecule has 4 rings (SSSR count). The van der Waals surface area contributed by atoms with E-state index in [9.17, 15) is 14.0 Å². The Morgan fingerprint density at radius 3 is 2.74 bits per heavy atom. The van der Waals surface area contributed by atoms with Gasteiger partial charge < -0.3 is 10.2 Å². The molecule has 1 aromatic heterocycles. The summed E-state index contributed by atoms with van der Waals surface area (Å²) in [7, 11) is 0. The molecular formula is C23H24FN5O2. The maximum atomic E-state index is 13.1. The average Bonchev–Trinajstić information content (AvgIpc) is 3.29. The summed E-state index contributed by atoms with van der Waals surface area (Å²) in [6.45, 7) is 1.60. The number of hydrogen-bond donors (Lipinski definition) is 1. The number of hydrogen-bond acceptors (Lipinski definition) is 4. The monoisotopic (exact) mass is 421 g/mol. The minimum atomic E-state index is -0.323. The van der Waals surface area contributed by atoms with E-state index in [1.807, 2.05) is 24.3 Å². The zero-order valence-corrected chi connectivity index (χ0v) is 17.1. The van der Waals surface area contributed by atoms with Crippen LogP contribution in [0.1, 0.15) is 24.0 Å². The summed E-state index contributed by atoms with van der Waals surface area (Å²) in [5.74, 6) is -0.711. The maximum Gasteiger partial charge on any atom is 0.229 e. The van der Waals surface area contributed by atoms with Crippen molar-refractivity contribution >= 4 is 17.5 Å². The number of benzene rings is 2. The Hall–Kier alpha value is -3.55. The van der Waals surface area contributed by atoms with Crippen LogP contribution in [-0.4, -0.2) is 44.6 Å². The second kappa shape index (κ2) is 9.51. The first kappa shape index (κ1) is 20.7. The molecule has 2 heterocycles. The van der Waals surface area contributed by atoms with Crippen LogP contribution in [-0.2, 0) is 22.6 Å². The molecule has 1 aliphatic rings. The van der Waals surface area contributed by atoms with E-state index < -0.39 is 0 Å². The number of piperidine rings is 1. The van der Waals surface area contributed by atoms with Crippen molar-refractivity contribution in [2.75, 3.05) is 18.4 Å². The fraction of sp³-hybridized carbons (Fsp3) is 0.304.